The molecule has 0 bridgehead atoms. The van der Waals surface area contributed by atoms with Gasteiger partial charge in [-0.05, 0) is 83.8 Å². The second kappa shape index (κ2) is 9.83. The minimum absolute atomic E-state index is 0.154. The molecule has 0 atom stereocenters. The Balaban J connectivity index is 1.60. The fourth-order valence-electron chi connectivity index (χ4n) is 5.40. The number of nitrogens with zero attached hydrogens (tertiary/aromatic N) is 7. The van der Waals surface area contributed by atoms with E-state index in [1.165, 1.54) is 29.0 Å². The van der Waals surface area contributed by atoms with Crippen molar-refractivity contribution < 1.29 is 4.79 Å². The van der Waals surface area contributed by atoms with Gasteiger partial charge in [-0.1, -0.05) is 12.1 Å². The first kappa shape index (κ1) is 25.8. The van der Waals surface area contributed by atoms with Crippen molar-refractivity contribution in [1.82, 2.24) is 29.2 Å². The number of benzene rings is 1. The van der Waals surface area contributed by atoms with Crippen LogP contribution in [-0.4, -0.2) is 61.1 Å². The lowest BCUT2D eigenvalue weighted by Gasteiger charge is -2.32. The van der Waals surface area contributed by atoms with Gasteiger partial charge in [0.25, 0.3) is 5.56 Å². The van der Waals surface area contributed by atoms with E-state index in [0.717, 1.165) is 18.8 Å². The quantitative estimate of drug-likeness (QED) is 0.221. The van der Waals surface area contributed by atoms with Gasteiger partial charge < -0.3 is 10.2 Å². The van der Waals surface area contributed by atoms with Crippen molar-refractivity contribution in [3.05, 3.63) is 58.0 Å². The van der Waals surface area contributed by atoms with E-state index in [9.17, 15) is 9.59 Å². The van der Waals surface area contributed by atoms with Crippen LogP contribution in [0.4, 0.5) is 11.6 Å². The summed E-state index contributed by atoms with van der Waals surface area (Å²) >= 11 is 0. The molecule has 1 aliphatic carbocycles. The Kier molecular flexibility index (Phi) is 6.68. The standard InChI is InChI=1S/C28H36N8O2/c1-7-8-24(32-34(17-37)18(2)3)36-25-22(26(38)35(36)19(4)5)14-29-27(31-25)30-21-9-10-23-20(13-21)15-33(6)16-28(23)11-12-28/h7-10,13-14,17-19H,11-12,15-16H2,1-6H3,(H,29,30,31)/b8-7-,32-24+. The monoisotopic (exact) mass is 516 g/mol. The largest absolute Gasteiger partial charge is 0.324 e. The van der Waals surface area contributed by atoms with Gasteiger partial charge in [0.05, 0.1) is 0 Å². The average molecular weight is 517 g/mol. The summed E-state index contributed by atoms with van der Waals surface area (Å²) in [7, 11) is 2.17. The molecule has 1 amide bonds. The molecule has 10 nitrogen and oxygen atoms in total. The Hall–Kier alpha value is -3.79. The van der Waals surface area contributed by atoms with Gasteiger partial charge in [-0.25, -0.2) is 19.4 Å². The van der Waals surface area contributed by atoms with Crippen LogP contribution in [-0.2, 0) is 16.8 Å². The van der Waals surface area contributed by atoms with Gasteiger partial charge in [-0.15, -0.1) is 0 Å². The lowest BCUT2D eigenvalue weighted by molar-refractivity contribution is -0.119. The summed E-state index contributed by atoms with van der Waals surface area (Å²) in [4.78, 5) is 36.7. The maximum absolute atomic E-state index is 13.4. The van der Waals surface area contributed by atoms with E-state index >= 15 is 0 Å². The third kappa shape index (κ3) is 4.53. The molecule has 200 valence electrons. The van der Waals surface area contributed by atoms with Gasteiger partial charge in [0, 0.05) is 42.5 Å². The van der Waals surface area contributed by atoms with Gasteiger partial charge in [-0.2, -0.15) is 10.1 Å². The number of carbonyl (C=O) groups is 1. The Morgan fingerprint density at radius 1 is 1.24 bits per heavy atom. The van der Waals surface area contributed by atoms with E-state index in [-0.39, 0.29) is 17.6 Å². The molecule has 2 aliphatic rings. The predicted octanol–water partition coefficient (Wildman–Crippen LogP) is 4.00. The fraction of sp³-hybridized carbons (Fsp3) is 0.464. The first-order chi connectivity index (χ1) is 18.2. The number of hydrogen-bond donors (Lipinski definition) is 1. The number of hydrogen-bond acceptors (Lipinski definition) is 7. The van der Waals surface area contributed by atoms with Crippen molar-refractivity contribution >= 4 is 34.9 Å². The van der Waals surface area contributed by atoms with E-state index in [1.807, 2.05) is 40.7 Å². The molecule has 1 aliphatic heterocycles. The van der Waals surface area contributed by atoms with Crippen molar-refractivity contribution in [1.29, 1.82) is 0 Å². The summed E-state index contributed by atoms with van der Waals surface area (Å²) in [5.74, 6) is 0.790. The Bertz CT molecular complexity index is 1490. The predicted molar refractivity (Wildman–Crippen MR) is 150 cm³/mol. The van der Waals surface area contributed by atoms with Crippen LogP contribution in [0.1, 0.15) is 64.6 Å². The van der Waals surface area contributed by atoms with Gasteiger partial charge in [0.2, 0.25) is 12.4 Å². The molecule has 10 heteroatoms. The number of hydrazone groups is 1. The summed E-state index contributed by atoms with van der Waals surface area (Å²) in [6.45, 7) is 11.5. The van der Waals surface area contributed by atoms with Crippen molar-refractivity contribution in [3.63, 3.8) is 0 Å². The molecule has 1 spiro atoms. The second-order valence-corrected chi connectivity index (χ2v) is 11.0. The summed E-state index contributed by atoms with van der Waals surface area (Å²) < 4.78 is 3.27. The number of allylic oxidation sites excluding steroid dienone is 2. The highest BCUT2D eigenvalue weighted by atomic mass is 16.1. The topological polar surface area (TPSA) is 101 Å². The van der Waals surface area contributed by atoms with Crippen LogP contribution in [0, 0.1) is 0 Å². The Morgan fingerprint density at radius 2 is 2.00 bits per heavy atom. The lowest BCUT2D eigenvalue weighted by atomic mass is 9.87. The summed E-state index contributed by atoms with van der Waals surface area (Å²) in [5.41, 5.74) is 4.21. The molecule has 2 aromatic heterocycles. The van der Waals surface area contributed by atoms with Crippen molar-refractivity contribution in [3.8, 4) is 0 Å². The Labute approximate surface area is 222 Å². The number of anilines is 2. The van der Waals surface area contributed by atoms with Crippen LogP contribution in [0.25, 0.3) is 11.0 Å². The zero-order valence-electron chi connectivity index (χ0n) is 23.0. The molecule has 3 aromatic rings. The molecule has 0 radical (unpaired) electrons. The van der Waals surface area contributed by atoms with Gasteiger partial charge >= 0.3 is 0 Å². The van der Waals surface area contributed by atoms with Crippen LogP contribution in [0.15, 0.2) is 46.4 Å². The van der Waals surface area contributed by atoms with Crippen molar-refractivity contribution in [2.24, 2.45) is 5.10 Å². The van der Waals surface area contributed by atoms with Crippen molar-refractivity contribution in [2.75, 3.05) is 18.9 Å². The number of nitrogens with one attached hydrogen (secondary N) is 1. The first-order valence-electron chi connectivity index (χ1n) is 13.2. The van der Waals surface area contributed by atoms with Crippen LogP contribution >= 0.6 is 0 Å². The van der Waals surface area contributed by atoms with Crippen LogP contribution in [0.2, 0.25) is 0 Å². The van der Waals surface area contributed by atoms with E-state index in [0.29, 0.717) is 34.6 Å². The van der Waals surface area contributed by atoms with Gasteiger partial charge in [0.1, 0.15) is 5.39 Å². The number of amides is 1. The molecule has 1 aromatic carbocycles. The van der Waals surface area contributed by atoms with Gasteiger partial charge in [0.15, 0.2) is 11.5 Å². The SMILES string of the molecule is C/C=C\C(=N/N(C=O)C(C)C)n1c2nc(Nc3ccc4c(c3)CN(C)CC43CC3)ncc2c(=O)n1C(C)C. The average Bonchev–Trinajstić information content (AvgIpc) is 3.56. The van der Waals surface area contributed by atoms with E-state index in [1.54, 1.807) is 21.6 Å². The van der Waals surface area contributed by atoms with E-state index in [4.69, 9.17) is 4.98 Å². The smallest absolute Gasteiger partial charge is 0.278 e. The molecular weight excluding hydrogens is 480 g/mol. The molecule has 3 heterocycles. The minimum Gasteiger partial charge on any atom is -0.324 e. The van der Waals surface area contributed by atoms with E-state index < -0.39 is 0 Å². The third-order valence-electron chi connectivity index (χ3n) is 7.30. The number of rotatable bonds is 7. The molecule has 1 saturated carbocycles. The number of aromatic nitrogens is 4. The zero-order chi connectivity index (χ0) is 27.2. The maximum Gasteiger partial charge on any atom is 0.278 e. The highest BCUT2D eigenvalue weighted by molar-refractivity contribution is 5.99. The molecule has 5 rings (SSSR count). The normalized spacial score (nSPS) is 17.1. The van der Waals surface area contributed by atoms with Crippen LogP contribution in [0.3, 0.4) is 0 Å². The highest BCUT2D eigenvalue weighted by Crippen LogP contribution is 2.52. The summed E-state index contributed by atoms with van der Waals surface area (Å²) in [5, 5.41) is 9.61. The van der Waals surface area contributed by atoms with Gasteiger partial charge in [-0.3, -0.25) is 9.59 Å². The lowest BCUT2D eigenvalue weighted by Crippen LogP contribution is -2.35. The molecule has 1 N–H and O–H groups in total. The summed E-state index contributed by atoms with van der Waals surface area (Å²) in [6.07, 6.45) is 8.31. The molecular formula is C28H36N8O2. The number of likely N-dealkylation sites (N-methyl/N-ethyl adjacent to an activating group) is 1. The third-order valence-corrected chi connectivity index (χ3v) is 7.30. The molecule has 0 saturated heterocycles. The number of carbonyl (C=O) groups excluding carboxylic acids is 1. The maximum atomic E-state index is 13.4. The van der Waals surface area contributed by atoms with Crippen LogP contribution in [0.5, 0.6) is 0 Å². The second-order valence-electron chi connectivity index (χ2n) is 11.0. The molecule has 0 unspecified atom stereocenters. The highest BCUT2D eigenvalue weighted by Gasteiger charge is 2.48. The Morgan fingerprint density at radius 3 is 2.63 bits per heavy atom. The first-order valence-corrected chi connectivity index (χ1v) is 13.2. The fourth-order valence-corrected chi connectivity index (χ4v) is 5.40. The zero-order valence-corrected chi connectivity index (χ0v) is 23.0. The molecule has 1 fully saturated rings. The minimum atomic E-state index is -0.215. The van der Waals surface area contributed by atoms with E-state index in [2.05, 4.69) is 45.5 Å². The molecule has 38 heavy (non-hydrogen) atoms. The number of fused-ring (bicyclic) bond motifs is 3. The van der Waals surface area contributed by atoms with Crippen LogP contribution < -0.4 is 10.9 Å². The summed E-state index contributed by atoms with van der Waals surface area (Å²) in [6, 6.07) is 6.17. The van der Waals surface area contributed by atoms with Crippen molar-refractivity contribution in [2.45, 2.75) is 71.5 Å².